The van der Waals surface area contributed by atoms with Crippen LogP contribution in [-0.4, -0.2) is 26.1 Å². The molecule has 0 bridgehead atoms. The van der Waals surface area contributed by atoms with Crippen LogP contribution in [0.25, 0.3) is 0 Å². The number of ether oxygens (including phenoxy) is 3. The van der Waals surface area contributed by atoms with Crippen LogP contribution in [0, 0.1) is 17.7 Å². The van der Waals surface area contributed by atoms with E-state index < -0.39 is 0 Å². The fourth-order valence-corrected chi connectivity index (χ4v) is 4.28. The quantitative estimate of drug-likeness (QED) is 0.646. The Morgan fingerprint density at radius 2 is 1.81 bits per heavy atom. The predicted octanol–water partition coefficient (Wildman–Crippen LogP) is 5.43. The molecule has 1 aromatic carbocycles. The average molecular weight is 365 g/mol. The van der Waals surface area contributed by atoms with Gasteiger partial charge in [0.25, 0.3) is 0 Å². The summed E-state index contributed by atoms with van der Waals surface area (Å²) in [5.74, 6) is 1.35. The molecule has 2 aliphatic rings. The largest absolute Gasteiger partial charge is 0.377 e. The summed E-state index contributed by atoms with van der Waals surface area (Å²) in [5.41, 5.74) is 1.77. The number of hydrogen-bond acceptors (Lipinski definition) is 3. The molecule has 1 aromatic rings. The summed E-state index contributed by atoms with van der Waals surface area (Å²) < 4.78 is 31.6. The zero-order chi connectivity index (χ0) is 18.4. The van der Waals surface area contributed by atoms with Gasteiger partial charge in [0.05, 0.1) is 19.8 Å². The van der Waals surface area contributed by atoms with Crippen molar-refractivity contribution in [3.05, 3.63) is 35.1 Å². The highest BCUT2D eigenvalue weighted by Gasteiger charge is 2.32. The summed E-state index contributed by atoms with van der Waals surface area (Å²) in [6.45, 7) is 6.77. The third-order valence-corrected chi connectivity index (χ3v) is 5.86. The minimum Gasteiger partial charge on any atom is -0.377 e. The first-order chi connectivity index (χ1) is 12.7. The van der Waals surface area contributed by atoms with Gasteiger partial charge < -0.3 is 14.2 Å². The van der Waals surface area contributed by atoms with Gasteiger partial charge in [0.2, 0.25) is 0 Å². The van der Waals surface area contributed by atoms with Crippen LogP contribution in [0.2, 0.25) is 0 Å². The topological polar surface area (TPSA) is 27.7 Å². The molecule has 0 amide bonds. The second-order valence-electron chi connectivity index (χ2n) is 7.79. The van der Waals surface area contributed by atoms with Crippen molar-refractivity contribution in [3.8, 4) is 0 Å². The van der Waals surface area contributed by atoms with E-state index in [1.54, 1.807) is 6.07 Å². The van der Waals surface area contributed by atoms with Gasteiger partial charge >= 0.3 is 0 Å². The number of halogens is 1. The van der Waals surface area contributed by atoms with Crippen molar-refractivity contribution >= 4 is 0 Å². The molecule has 3 rings (SSSR count). The maximum atomic E-state index is 14.3. The summed E-state index contributed by atoms with van der Waals surface area (Å²) in [4.78, 5) is 0. The smallest absolute Gasteiger partial charge is 0.160 e. The van der Waals surface area contributed by atoms with E-state index in [1.807, 2.05) is 13.0 Å². The Kier molecular flexibility index (Phi) is 7.47. The normalized spacial score (nSPS) is 29.7. The fourth-order valence-electron chi connectivity index (χ4n) is 4.28. The van der Waals surface area contributed by atoms with E-state index in [4.69, 9.17) is 14.2 Å². The number of hydrogen-bond donors (Lipinski definition) is 0. The molecule has 2 fully saturated rings. The summed E-state index contributed by atoms with van der Waals surface area (Å²) >= 11 is 0. The molecule has 0 radical (unpaired) electrons. The Balaban J connectivity index is 1.48. The maximum absolute atomic E-state index is 14.3. The first-order valence-electron chi connectivity index (χ1n) is 10.3. The molecule has 1 saturated carbocycles. The highest BCUT2D eigenvalue weighted by molar-refractivity contribution is 5.27. The van der Waals surface area contributed by atoms with Crippen LogP contribution < -0.4 is 0 Å². The summed E-state index contributed by atoms with van der Waals surface area (Å²) in [6, 6.07) is 5.67. The van der Waals surface area contributed by atoms with Crippen LogP contribution in [0.5, 0.6) is 0 Å². The monoisotopic (exact) mass is 364 g/mol. The van der Waals surface area contributed by atoms with Crippen molar-refractivity contribution in [1.82, 2.24) is 0 Å². The lowest BCUT2D eigenvalue weighted by atomic mass is 9.78. The highest BCUT2D eigenvalue weighted by Crippen LogP contribution is 2.39. The van der Waals surface area contributed by atoms with Gasteiger partial charge in [-0.2, -0.15) is 0 Å². The van der Waals surface area contributed by atoms with Crippen LogP contribution in [-0.2, 0) is 20.8 Å². The van der Waals surface area contributed by atoms with Crippen molar-refractivity contribution < 1.29 is 18.6 Å². The number of rotatable bonds is 7. The molecule has 4 heteroatoms. The predicted molar refractivity (Wildman–Crippen MR) is 101 cm³/mol. The number of benzene rings is 1. The van der Waals surface area contributed by atoms with E-state index in [-0.39, 0.29) is 12.1 Å². The van der Waals surface area contributed by atoms with Crippen molar-refractivity contribution in [1.29, 1.82) is 0 Å². The van der Waals surface area contributed by atoms with E-state index in [0.29, 0.717) is 36.5 Å². The zero-order valence-electron chi connectivity index (χ0n) is 16.2. The molecule has 0 N–H and O–H groups in total. The zero-order valence-corrected chi connectivity index (χ0v) is 16.2. The van der Waals surface area contributed by atoms with E-state index in [1.165, 1.54) is 12.8 Å². The molecular weight excluding hydrogens is 331 g/mol. The Morgan fingerprint density at radius 3 is 2.42 bits per heavy atom. The first kappa shape index (κ1) is 19.8. The van der Waals surface area contributed by atoms with Gasteiger partial charge in [-0.1, -0.05) is 25.5 Å². The van der Waals surface area contributed by atoms with Crippen LogP contribution >= 0.6 is 0 Å². The summed E-state index contributed by atoms with van der Waals surface area (Å²) in [7, 11) is 0. The third kappa shape index (κ3) is 5.05. The Hall–Kier alpha value is -0.970. The lowest BCUT2D eigenvalue weighted by molar-refractivity contribution is -0.229. The standard InChI is InChI=1S/C22H33FO3/c1-3-5-16-13-25-22(26-14-16)18-8-6-17(7-9-18)19-10-11-20(15-24-4-2)21(23)12-19/h10-12,16-18,22H,3-9,13-15H2,1-2H3/t16-,17?,18?,22-. The highest BCUT2D eigenvalue weighted by atomic mass is 19.1. The lowest BCUT2D eigenvalue weighted by Crippen LogP contribution is -2.38. The van der Waals surface area contributed by atoms with Crippen LogP contribution in [0.1, 0.15) is 69.4 Å². The Labute approximate surface area is 157 Å². The lowest BCUT2D eigenvalue weighted by Gasteiger charge is -2.37. The van der Waals surface area contributed by atoms with Crippen molar-refractivity contribution in [2.24, 2.45) is 11.8 Å². The van der Waals surface area contributed by atoms with Crippen molar-refractivity contribution in [2.45, 2.75) is 71.2 Å². The van der Waals surface area contributed by atoms with Crippen LogP contribution in [0.4, 0.5) is 4.39 Å². The van der Waals surface area contributed by atoms with Crippen LogP contribution in [0.3, 0.4) is 0 Å². The fraction of sp³-hybridized carbons (Fsp3) is 0.727. The van der Waals surface area contributed by atoms with E-state index in [2.05, 4.69) is 13.0 Å². The average Bonchev–Trinajstić information content (AvgIpc) is 2.68. The van der Waals surface area contributed by atoms with Gasteiger partial charge in [-0.3, -0.25) is 0 Å². The molecule has 3 nitrogen and oxygen atoms in total. The SMILES string of the molecule is CCC[C@H]1CO[C@H](C2CCC(c3ccc(COCC)c(F)c3)CC2)OC1. The van der Waals surface area contributed by atoms with Gasteiger partial charge in [0.15, 0.2) is 6.29 Å². The van der Waals surface area contributed by atoms with Gasteiger partial charge in [-0.25, -0.2) is 4.39 Å². The minimum atomic E-state index is -0.140. The molecule has 0 aromatic heterocycles. The van der Waals surface area contributed by atoms with Gasteiger partial charge in [-0.15, -0.1) is 0 Å². The molecule has 0 unspecified atom stereocenters. The molecule has 146 valence electrons. The Morgan fingerprint density at radius 1 is 1.08 bits per heavy atom. The van der Waals surface area contributed by atoms with Crippen molar-refractivity contribution in [2.75, 3.05) is 19.8 Å². The second kappa shape index (κ2) is 9.82. The van der Waals surface area contributed by atoms with E-state index in [9.17, 15) is 4.39 Å². The summed E-state index contributed by atoms with van der Waals surface area (Å²) in [6.07, 6.45) is 6.69. The molecule has 26 heavy (non-hydrogen) atoms. The van der Waals surface area contributed by atoms with Gasteiger partial charge in [0.1, 0.15) is 5.82 Å². The third-order valence-electron chi connectivity index (χ3n) is 5.86. The van der Waals surface area contributed by atoms with Gasteiger partial charge in [-0.05, 0) is 56.6 Å². The molecule has 1 aliphatic carbocycles. The van der Waals surface area contributed by atoms with Gasteiger partial charge in [0, 0.05) is 24.0 Å². The Bertz CT molecular complexity index is 546. The maximum Gasteiger partial charge on any atom is 0.160 e. The molecule has 1 saturated heterocycles. The molecule has 0 atom stereocenters. The second-order valence-corrected chi connectivity index (χ2v) is 7.79. The first-order valence-corrected chi connectivity index (χ1v) is 10.3. The van der Waals surface area contributed by atoms with Crippen LogP contribution in [0.15, 0.2) is 18.2 Å². The summed E-state index contributed by atoms with van der Waals surface area (Å²) in [5, 5.41) is 0. The minimum absolute atomic E-state index is 0.0330. The van der Waals surface area contributed by atoms with E-state index >= 15 is 0 Å². The molecule has 0 spiro atoms. The van der Waals surface area contributed by atoms with E-state index in [0.717, 1.165) is 44.5 Å². The molecular formula is C22H33FO3. The van der Waals surface area contributed by atoms with Crippen molar-refractivity contribution in [3.63, 3.8) is 0 Å². The molecule has 1 heterocycles. The molecule has 1 aliphatic heterocycles.